The van der Waals surface area contributed by atoms with Gasteiger partial charge in [0, 0.05) is 17.5 Å². The fourth-order valence-corrected chi connectivity index (χ4v) is 4.73. The summed E-state index contributed by atoms with van der Waals surface area (Å²) in [6.07, 6.45) is 2.95. The summed E-state index contributed by atoms with van der Waals surface area (Å²) in [6.45, 7) is 0. The lowest BCUT2D eigenvalue weighted by atomic mass is 10.0. The minimum absolute atomic E-state index is 0.132. The van der Waals surface area contributed by atoms with Gasteiger partial charge in [-0.15, -0.1) is 11.3 Å². The Labute approximate surface area is 149 Å². The molecule has 0 bridgehead atoms. The van der Waals surface area contributed by atoms with Crippen LogP contribution in [0.25, 0.3) is 10.8 Å². The van der Waals surface area contributed by atoms with Gasteiger partial charge in [0.2, 0.25) is 0 Å². The molecule has 1 aliphatic rings. The number of hydrogen-bond acceptors (Lipinski definition) is 3. The van der Waals surface area contributed by atoms with Crippen molar-refractivity contribution in [3.63, 3.8) is 0 Å². The number of carbonyl (C=O) groups is 2. The molecule has 4 nitrogen and oxygen atoms in total. The molecule has 1 aromatic heterocycles. The molecule has 3 aromatic rings. The van der Waals surface area contributed by atoms with Crippen LogP contribution in [0.15, 0.2) is 42.5 Å². The van der Waals surface area contributed by atoms with Gasteiger partial charge in [-0.05, 0) is 41.7 Å². The van der Waals surface area contributed by atoms with Gasteiger partial charge in [0.15, 0.2) is 0 Å². The highest BCUT2D eigenvalue weighted by molar-refractivity contribution is 7.17. The second-order valence-corrected chi connectivity index (χ2v) is 7.23. The van der Waals surface area contributed by atoms with E-state index in [2.05, 4.69) is 10.6 Å². The van der Waals surface area contributed by atoms with Crippen LogP contribution in [-0.4, -0.2) is 18.9 Å². The van der Waals surface area contributed by atoms with Gasteiger partial charge in [-0.1, -0.05) is 36.4 Å². The summed E-state index contributed by atoms with van der Waals surface area (Å²) >= 11 is 1.53. The van der Waals surface area contributed by atoms with Gasteiger partial charge < -0.3 is 10.6 Å². The second-order valence-electron chi connectivity index (χ2n) is 6.12. The summed E-state index contributed by atoms with van der Waals surface area (Å²) in [4.78, 5) is 26.4. The maximum Gasteiger partial charge on any atom is 0.256 e. The Kier molecular flexibility index (Phi) is 4.01. The zero-order valence-corrected chi connectivity index (χ0v) is 14.7. The molecule has 0 saturated carbocycles. The lowest BCUT2D eigenvalue weighted by Crippen LogP contribution is -2.21. The molecule has 0 atom stereocenters. The Morgan fingerprint density at radius 3 is 2.64 bits per heavy atom. The Balaban J connectivity index is 1.73. The Hall–Kier alpha value is -2.66. The van der Waals surface area contributed by atoms with Crippen molar-refractivity contribution in [2.24, 2.45) is 0 Å². The zero-order chi connectivity index (χ0) is 17.4. The molecule has 1 heterocycles. The van der Waals surface area contributed by atoms with Gasteiger partial charge in [0.1, 0.15) is 5.00 Å². The number of carbonyl (C=O) groups excluding carboxylic acids is 2. The normalized spacial score (nSPS) is 12.8. The van der Waals surface area contributed by atoms with Crippen molar-refractivity contribution in [2.75, 3.05) is 12.4 Å². The molecule has 4 rings (SSSR count). The quantitative estimate of drug-likeness (QED) is 0.750. The molecule has 0 aliphatic heterocycles. The van der Waals surface area contributed by atoms with E-state index in [0.717, 1.165) is 35.6 Å². The maximum absolute atomic E-state index is 12.9. The topological polar surface area (TPSA) is 58.2 Å². The minimum Gasteiger partial charge on any atom is -0.355 e. The first-order valence-corrected chi connectivity index (χ1v) is 9.16. The van der Waals surface area contributed by atoms with Crippen molar-refractivity contribution < 1.29 is 9.59 Å². The molecule has 0 fully saturated rings. The summed E-state index contributed by atoms with van der Waals surface area (Å²) in [6, 6.07) is 13.5. The number of nitrogens with one attached hydrogen (secondary N) is 2. The SMILES string of the molecule is CNC(=O)c1c(NC(=O)c2cccc3ccccc23)sc2c1CCC2. The minimum atomic E-state index is -0.179. The van der Waals surface area contributed by atoms with E-state index in [1.165, 1.54) is 16.2 Å². The van der Waals surface area contributed by atoms with Crippen LogP contribution in [0.3, 0.4) is 0 Å². The number of benzene rings is 2. The van der Waals surface area contributed by atoms with E-state index < -0.39 is 0 Å². The van der Waals surface area contributed by atoms with E-state index in [1.54, 1.807) is 7.05 Å². The number of hydrogen-bond donors (Lipinski definition) is 2. The van der Waals surface area contributed by atoms with Crippen molar-refractivity contribution in [1.82, 2.24) is 5.32 Å². The molecule has 5 heteroatoms. The molecule has 0 unspecified atom stereocenters. The molecule has 1 aliphatic carbocycles. The predicted molar refractivity (Wildman–Crippen MR) is 102 cm³/mol. The van der Waals surface area contributed by atoms with Crippen molar-refractivity contribution in [1.29, 1.82) is 0 Å². The molecule has 2 aromatic carbocycles. The fourth-order valence-electron chi connectivity index (χ4n) is 3.45. The van der Waals surface area contributed by atoms with Gasteiger partial charge in [0.05, 0.1) is 5.56 Å². The van der Waals surface area contributed by atoms with Crippen LogP contribution in [0.5, 0.6) is 0 Å². The number of anilines is 1. The summed E-state index contributed by atoms with van der Waals surface area (Å²) in [5.41, 5.74) is 2.35. The van der Waals surface area contributed by atoms with Crippen LogP contribution in [0.4, 0.5) is 5.00 Å². The summed E-state index contributed by atoms with van der Waals surface area (Å²) < 4.78 is 0. The van der Waals surface area contributed by atoms with Crippen molar-refractivity contribution in [3.05, 3.63) is 64.0 Å². The highest BCUT2D eigenvalue weighted by atomic mass is 32.1. The van der Waals surface area contributed by atoms with Crippen LogP contribution < -0.4 is 10.6 Å². The molecule has 25 heavy (non-hydrogen) atoms. The number of amides is 2. The van der Waals surface area contributed by atoms with Crippen LogP contribution in [0, 0.1) is 0 Å². The van der Waals surface area contributed by atoms with Gasteiger partial charge in [-0.3, -0.25) is 9.59 Å². The zero-order valence-electron chi connectivity index (χ0n) is 13.9. The Morgan fingerprint density at radius 1 is 1.00 bits per heavy atom. The number of fused-ring (bicyclic) bond motifs is 2. The van der Waals surface area contributed by atoms with Crippen LogP contribution in [0.2, 0.25) is 0 Å². The molecule has 0 saturated heterocycles. The number of thiophene rings is 1. The largest absolute Gasteiger partial charge is 0.355 e. The van der Waals surface area contributed by atoms with Gasteiger partial charge in [-0.2, -0.15) is 0 Å². The van der Waals surface area contributed by atoms with Crippen molar-refractivity contribution in [3.8, 4) is 0 Å². The van der Waals surface area contributed by atoms with E-state index in [9.17, 15) is 9.59 Å². The van der Waals surface area contributed by atoms with E-state index in [0.29, 0.717) is 16.1 Å². The third-order valence-electron chi connectivity index (χ3n) is 4.64. The Bertz CT molecular complexity index is 985. The van der Waals surface area contributed by atoms with E-state index in [-0.39, 0.29) is 11.8 Å². The average Bonchev–Trinajstić information content (AvgIpc) is 3.21. The predicted octanol–water partition coefficient (Wildman–Crippen LogP) is 4.00. The highest BCUT2D eigenvalue weighted by Crippen LogP contribution is 2.39. The molecule has 2 amide bonds. The van der Waals surface area contributed by atoms with Crippen LogP contribution in [-0.2, 0) is 12.8 Å². The molecule has 2 N–H and O–H groups in total. The van der Waals surface area contributed by atoms with Crippen molar-refractivity contribution in [2.45, 2.75) is 19.3 Å². The van der Waals surface area contributed by atoms with Crippen LogP contribution in [0.1, 0.15) is 37.6 Å². The van der Waals surface area contributed by atoms with E-state index in [4.69, 9.17) is 0 Å². The summed E-state index contributed by atoms with van der Waals surface area (Å²) in [5.74, 6) is -0.311. The molecule has 126 valence electrons. The van der Waals surface area contributed by atoms with E-state index >= 15 is 0 Å². The Morgan fingerprint density at radius 2 is 1.80 bits per heavy atom. The van der Waals surface area contributed by atoms with Crippen LogP contribution >= 0.6 is 11.3 Å². The summed E-state index contributed by atoms with van der Waals surface area (Å²) in [7, 11) is 1.62. The molecular weight excluding hydrogens is 332 g/mol. The molecule has 0 spiro atoms. The second kappa shape index (κ2) is 6.33. The third kappa shape index (κ3) is 2.70. The lowest BCUT2D eigenvalue weighted by molar-refractivity contribution is 0.0963. The third-order valence-corrected chi connectivity index (χ3v) is 5.84. The summed E-state index contributed by atoms with van der Waals surface area (Å²) in [5, 5.41) is 8.27. The van der Waals surface area contributed by atoms with Gasteiger partial charge >= 0.3 is 0 Å². The fraction of sp³-hybridized carbons (Fsp3) is 0.200. The van der Waals surface area contributed by atoms with Gasteiger partial charge in [-0.25, -0.2) is 0 Å². The van der Waals surface area contributed by atoms with E-state index in [1.807, 2.05) is 42.5 Å². The average molecular weight is 350 g/mol. The van der Waals surface area contributed by atoms with Gasteiger partial charge in [0.25, 0.3) is 11.8 Å². The lowest BCUT2D eigenvalue weighted by Gasteiger charge is -2.09. The first-order valence-electron chi connectivity index (χ1n) is 8.34. The smallest absolute Gasteiger partial charge is 0.256 e. The first kappa shape index (κ1) is 15.8. The number of rotatable bonds is 3. The number of aryl methyl sites for hydroxylation is 1. The first-order chi connectivity index (χ1) is 12.2. The highest BCUT2D eigenvalue weighted by Gasteiger charge is 2.27. The van der Waals surface area contributed by atoms with Crippen molar-refractivity contribution >= 4 is 38.9 Å². The monoisotopic (exact) mass is 350 g/mol. The molecular formula is C20H18N2O2S. The maximum atomic E-state index is 12.9. The standard InChI is InChI=1S/C20H18N2O2S/c1-21-19(24)17-15-10-5-11-16(15)25-20(17)22-18(23)14-9-4-7-12-6-2-3-8-13(12)14/h2-4,6-9H,5,10-11H2,1H3,(H,21,24)(H,22,23). The molecule has 0 radical (unpaired) electrons.